The maximum atomic E-state index is 5.17. The zero-order valence-electron chi connectivity index (χ0n) is 30.4. The number of aromatic nitrogens is 1. The molecule has 8 aromatic carbocycles. The molecule has 56 heavy (non-hydrogen) atoms. The summed E-state index contributed by atoms with van der Waals surface area (Å²) in [7, 11) is 0. The molecule has 0 fully saturated rings. The van der Waals surface area contributed by atoms with Crippen LogP contribution < -0.4 is 10.6 Å². The Bertz CT molecular complexity index is 3070. The van der Waals surface area contributed by atoms with E-state index in [-0.39, 0.29) is 12.3 Å². The maximum Gasteiger partial charge on any atom is 0.131 e. The molecule has 0 bridgehead atoms. The number of nitrogens with zero attached hydrogens (tertiary/aromatic N) is 2. The van der Waals surface area contributed by atoms with Crippen molar-refractivity contribution in [2.75, 3.05) is 0 Å². The van der Waals surface area contributed by atoms with Crippen molar-refractivity contribution < 1.29 is 0 Å². The molecule has 0 aliphatic carbocycles. The normalized spacial score (nSPS) is 15.7. The molecule has 0 saturated heterocycles. The van der Waals surface area contributed by atoms with Crippen molar-refractivity contribution >= 4 is 59.2 Å². The highest BCUT2D eigenvalue weighted by Crippen LogP contribution is 2.45. The lowest BCUT2D eigenvalue weighted by Gasteiger charge is -2.32. The molecule has 4 nitrogen and oxygen atoms in total. The molecule has 10 aromatic rings. The molecule has 11 rings (SSSR count). The van der Waals surface area contributed by atoms with Crippen LogP contribution in [-0.4, -0.2) is 10.4 Å². The van der Waals surface area contributed by atoms with Gasteiger partial charge in [-0.05, 0) is 75.8 Å². The van der Waals surface area contributed by atoms with E-state index in [2.05, 4.69) is 203 Å². The smallest absolute Gasteiger partial charge is 0.131 e. The van der Waals surface area contributed by atoms with Gasteiger partial charge in [0.2, 0.25) is 0 Å². The Kier molecular flexibility index (Phi) is 7.87. The summed E-state index contributed by atoms with van der Waals surface area (Å²) in [5.41, 5.74) is 11.9. The van der Waals surface area contributed by atoms with E-state index in [0.717, 1.165) is 22.6 Å². The van der Waals surface area contributed by atoms with Crippen LogP contribution in [0.4, 0.5) is 0 Å². The summed E-state index contributed by atoms with van der Waals surface area (Å²) in [5.74, 6) is 0.871. The van der Waals surface area contributed by atoms with Gasteiger partial charge in [-0.2, -0.15) is 0 Å². The van der Waals surface area contributed by atoms with E-state index in [1.54, 1.807) is 0 Å². The van der Waals surface area contributed by atoms with Gasteiger partial charge in [-0.25, -0.2) is 4.99 Å². The van der Waals surface area contributed by atoms with Crippen LogP contribution in [-0.2, 0) is 0 Å². The van der Waals surface area contributed by atoms with Crippen LogP contribution in [0.25, 0.3) is 69.9 Å². The predicted molar refractivity (Wildman–Crippen MR) is 236 cm³/mol. The van der Waals surface area contributed by atoms with Crippen molar-refractivity contribution in [3.05, 3.63) is 211 Å². The Labute approximate surface area is 329 Å². The summed E-state index contributed by atoms with van der Waals surface area (Å²) in [4.78, 5) is 5.17. The number of rotatable bonds is 6. The number of hydrogen-bond acceptors (Lipinski definition) is 4. The number of fused-ring (bicyclic) bond motifs is 6. The second-order valence-electron chi connectivity index (χ2n) is 14.4. The summed E-state index contributed by atoms with van der Waals surface area (Å²) in [5, 5.41) is 12.5. The minimum atomic E-state index is -0.173. The van der Waals surface area contributed by atoms with Crippen LogP contribution in [0.3, 0.4) is 0 Å². The number of aliphatic imine (C=N–C) groups is 1. The standard InChI is InChI=1S/C51H36N4S/c1-4-14-33(15-5-1)39-21-12-23-42-43-24-13-22-40(48(43)56-47(39)42)37-28-31-46-44(32-37)41-20-10-11-25-45(41)55(46)38-29-26-36(27-30-38)51-53-49(34-16-6-2-7-17-34)52-50(54-51)35-18-8-3-9-19-35/h1-32,49-50,52H,(H,53,54). The molecule has 2 atom stereocenters. The van der Waals surface area contributed by atoms with E-state index in [9.17, 15) is 0 Å². The number of amidine groups is 1. The Balaban J connectivity index is 0.993. The highest BCUT2D eigenvalue weighted by Gasteiger charge is 2.25. The van der Waals surface area contributed by atoms with Crippen LogP contribution >= 0.6 is 11.3 Å². The first-order valence-corrected chi connectivity index (χ1v) is 19.9. The van der Waals surface area contributed by atoms with Crippen LogP contribution in [0, 0.1) is 0 Å². The SMILES string of the molecule is c1ccc(-c2cccc3c2sc2c(-c4ccc5c(c4)c4ccccc4n5-c4ccc(C5=NC(c6ccccc6)NC(c6ccccc6)N5)cc4)cccc23)cc1. The second kappa shape index (κ2) is 13.5. The third-order valence-electron chi connectivity index (χ3n) is 11.1. The largest absolute Gasteiger partial charge is 0.350 e. The highest BCUT2D eigenvalue weighted by atomic mass is 32.1. The fourth-order valence-electron chi connectivity index (χ4n) is 8.41. The summed E-state index contributed by atoms with van der Waals surface area (Å²) in [6, 6.07) is 69.7. The quantitative estimate of drug-likeness (QED) is 0.178. The maximum absolute atomic E-state index is 5.17. The first-order valence-electron chi connectivity index (χ1n) is 19.1. The van der Waals surface area contributed by atoms with Gasteiger partial charge in [0, 0.05) is 42.2 Å². The number of benzene rings is 8. The number of thiophene rings is 1. The zero-order valence-corrected chi connectivity index (χ0v) is 31.2. The van der Waals surface area contributed by atoms with E-state index >= 15 is 0 Å². The van der Waals surface area contributed by atoms with E-state index in [1.165, 1.54) is 69.8 Å². The molecule has 0 spiro atoms. The lowest BCUT2D eigenvalue weighted by atomic mass is 9.99. The second-order valence-corrected chi connectivity index (χ2v) is 15.4. The van der Waals surface area contributed by atoms with Gasteiger partial charge in [0.1, 0.15) is 18.2 Å². The molecule has 0 saturated carbocycles. The van der Waals surface area contributed by atoms with Gasteiger partial charge in [0.25, 0.3) is 0 Å². The van der Waals surface area contributed by atoms with Crippen molar-refractivity contribution in [2.45, 2.75) is 12.3 Å². The Morgan fingerprint density at radius 3 is 1.73 bits per heavy atom. The molecular formula is C51H36N4S. The Morgan fingerprint density at radius 1 is 0.446 bits per heavy atom. The molecule has 2 unspecified atom stereocenters. The molecule has 0 radical (unpaired) electrons. The zero-order chi connectivity index (χ0) is 37.0. The van der Waals surface area contributed by atoms with Gasteiger partial charge in [0.15, 0.2) is 0 Å². The molecule has 2 aromatic heterocycles. The van der Waals surface area contributed by atoms with E-state index in [4.69, 9.17) is 4.99 Å². The summed E-state index contributed by atoms with van der Waals surface area (Å²) < 4.78 is 5.05. The van der Waals surface area contributed by atoms with Crippen molar-refractivity contribution in [2.24, 2.45) is 4.99 Å². The molecule has 5 heteroatoms. The number of para-hydroxylation sites is 1. The molecular weight excluding hydrogens is 701 g/mol. The van der Waals surface area contributed by atoms with Crippen LogP contribution in [0.5, 0.6) is 0 Å². The Morgan fingerprint density at radius 2 is 1.02 bits per heavy atom. The molecule has 1 aliphatic heterocycles. The predicted octanol–water partition coefficient (Wildman–Crippen LogP) is 12.8. The average Bonchev–Trinajstić information content (AvgIpc) is 3.83. The van der Waals surface area contributed by atoms with Crippen LogP contribution in [0.1, 0.15) is 29.0 Å². The fourth-order valence-corrected chi connectivity index (χ4v) is 9.78. The summed E-state index contributed by atoms with van der Waals surface area (Å²) >= 11 is 1.90. The highest BCUT2D eigenvalue weighted by molar-refractivity contribution is 7.26. The van der Waals surface area contributed by atoms with Crippen molar-refractivity contribution in [3.63, 3.8) is 0 Å². The van der Waals surface area contributed by atoms with Gasteiger partial charge in [-0.3, -0.25) is 5.32 Å². The van der Waals surface area contributed by atoms with Crippen LogP contribution in [0.15, 0.2) is 199 Å². The summed E-state index contributed by atoms with van der Waals surface area (Å²) in [6.45, 7) is 0. The van der Waals surface area contributed by atoms with E-state index < -0.39 is 0 Å². The van der Waals surface area contributed by atoms with Crippen LogP contribution in [0.2, 0.25) is 0 Å². The van der Waals surface area contributed by atoms with Crippen molar-refractivity contribution in [1.82, 2.24) is 15.2 Å². The monoisotopic (exact) mass is 736 g/mol. The fraction of sp³-hybridized carbons (Fsp3) is 0.0392. The average molecular weight is 737 g/mol. The minimum Gasteiger partial charge on any atom is -0.350 e. The molecule has 2 N–H and O–H groups in total. The van der Waals surface area contributed by atoms with Gasteiger partial charge < -0.3 is 9.88 Å². The molecule has 266 valence electrons. The summed E-state index contributed by atoms with van der Waals surface area (Å²) in [6.07, 6.45) is -0.252. The third kappa shape index (κ3) is 5.51. The molecule has 3 heterocycles. The van der Waals surface area contributed by atoms with E-state index in [1.807, 2.05) is 17.4 Å². The minimum absolute atomic E-state index is 0.0792. The lowest BCUT2D eigenvalue weighted by Crippen LogP contribution is -2.44. The third-order valence-corrected chi connectivity index (χ3v) is 12.4. The number of nitrogens with one attached hydrogen (secondary N) is 2. The first kappa shape index (κ1) is 32.6. The molecule has 1 aliphatic rings. The lowest BCUT2D eigenvalue weighted by molar-refractivity contribution is 0.409. The topological polar surface area (TPSA) is 41.4 Å². The van der Waals surface area contributed by atoms with Gasteiger partial charge in [-0.1, -0.05) is 152 Å². The van der Waals surface area contributed by atoms with Gasteiger partial charge in [-0.15, -0.1) is 11.3 Å². The van der Waals surface area contributed by atoms with Gasteiger partial charge in [0.05, 0.1) is 11.0 Å². The Hall–Kier alpha value is -6.79. The molecule has 0 amide bonds. The van der Waals surface area contributed by atoms with Crippen molar-refractivity contribution in [3.8, 4) is 27.9 Å². The van der Waals surface area contributed by atoms with E-state index in [0.29, 0.717) is 0 Å². The first-order chi connectivity index (χ1) is 27.8. The van der Waals surface area contributed by atoms with Crippen molar-refractivity contribution in [1.29, 1.82) is 0 Å². The van der Waals surface area contributed by atoms with Gasteiger partial charge >= 0.3 is 0 Å². The number of hydrogen-bond donors (Lipinski definition) is 2.